The van der Waals surface area contributed by atoms with Crippen LogP contribution in [-0.4, -0.2) is 75.6 Å². The summed E-state index contributed by atoms with van der Waals surface area (Å²) in [6.45, 7) is 8.74. The topological polar surface area (TPSA) is 165 Å². The highest BCUT2D eigenvalue weighted by Crippen LogP contribution is 2.53. The van der Waals surface area contributed by atoms with Crippen LogP contribution in [0.3, 0.4) is 0 Å². The number of aromatic hydroxyl groups is 1. The van der Waals surface area contributed by atoms with E-state index in [0.29, 0.717) is 18.0 Å². The Morgan fingerprint density at radius 2 is 1.85 bits per heavy atom. The van der Waals surface area contributed by atoms with Gasteiger partial charge in [0.05, 0.1) is 5.56 Å². The van der Waals surface area contributed by atoms with Crippen molar-refractivity contribution in [3.63, 3.8) is 0 Å². The smallest absolute Gasteiger partial charge is 0.255 e. The minimum Gasteiger partial charge on any atom is -0.508 e. The molecule has 0 heterocycles. The van der Waals surface area contributed by atoms with Gasteiger partial charge in [-0.1, -0.05) is 20.8 Å². The maximum absolute atomic E-state index is 13.7. The van der Waals surface area contributed by atoms with Gasteiger partial charge < -0.3 is 31.1 Å². The van der Waals surface area contributed by atoms with Gasteiger partial charge in [-0.05, 0) is 61.4 Å². The first-order valence-electron chi connectivity index (χ1n) is 13.5. The summed E-state index contributed by atoms with van der Waals surface area (Å²) in [5.74, 6) is -5.69. The van der Waals surface area contributed by atoms with E-state index in [4.69, 9.17) is 5.73 Å². The number of phenols is 1. The molecule has 1 saturated carbocycles. The third-order valence-corrected chi connectivity index (χ3v) is 8.43. The number of nitrogens with zero attached hydrogens (tertiary/aromatic N) is 2. The SMILES string of the molecule is CCN(CCC(C)C)Cc1cc(O)c2c(c1N(C)C)CC1C[C@H]3CC(=O)C(C(N)=O)=C(O)[C@@]3(O)C(=O)C1=C2O. The Kier molecular flexibility index (Phi) is 7.57. The van der Waals surface area contributed by atoms with E-state index in [2.05, 4.69) is 25.7 Å². The fourth-order valence-electron chi connectivity index (χ4n) is 6.45. The number of primary amides is 1. The molecule has 0 aliphatic heterocycles. The lowest BCUT2D eigenvalue weighted by Crippen LogP contribution is -2.58. The zero-order chi connectivity index (χ0) is 29.0. The quantitative estimate of drug-likeness (QED) is 0.311. The molecule has 0 saturated heterocycles. The predicted molar refractivity (Wildman–Crippen MR) is 146 cm³/mol. The molecule has 212 valence electrons. The molecule has 6 N–H and O–H groups in total. The van der Waals surface area contributed by atoms with Crippen molar-refractivity contribution in [3.05, 3.63) is 39.7 Å². The van der Waals surface area contributed by atoms with Crippen LogP contribution < -0.4 is 10.6 Å². The van der Waals surface area contributed by atoms with Gasteiger partial charge in [0.1, 0.15) is 22.8 Å². The maximum Gasteiger partial charge on any atom is 0.255 e. The zero-order valence-electron chi connectivity index (χ0n) is 23.2. The number of benzene rings is 1. The predicted octanol–water partition coefficient (Wildman–Crippen LogP) is 2.36. The maximum atomic E-state index is 13.7. The highest BCUT2D eigenvalue weighted by molar-refractivity contribution is 6.22. The molecular weight excluding hydrogens is 502 g/mol. The standard InChI is InChI=1S/C29H39N3O7/c1-6-32(8-7-14(2)3)13-16-11-19(33)22-18(24(16)31(4)5)10-15-9-17-12-20(34)23(28(30)38)27(37)29(17,39)26(36)21(15)25(22)35/h11,14-15,17,33,35,37,39H,6-10,12-13H2,1-5H3,(H2,30,38)/t15?,17-,29-/m0/s1. The highest BCUT2D eigenvalue weighted by atomic mass is 16.3. The Morgan fingerprint density at radius 1 is 1.18 bits per heavy atom. The van der Waals surface area contributed by atoms with E-state index in [1.165, 1.54) is 0 Å². The van der Waals surface area contributed by atoms with Gasteiger partial charge in [0.2, 0.25) is 5.78 Å². The first kappa shape index (κ1) is 28.6. The summed E-state index contributed by atoms with van der Waals surface area (Å²) in [5, 5.41) is 44.6. The number of phenolic OH excluding ortho intramolecular Hbond substituents is 1. The summed E-state index contributed by atoms with van der Waals surface area (Å²) in [6.07, 6.45) is 1.08. The van der Waals surface area contributed by atoms with Gasteiger partial charge in [0.15, 0.2) is 11.4 Å². The van der Waals surface area contributed by atoms with E-state index in [-0.39, 0.29) is 36.1 Å². The number of Topliss-reactive ketones (excluding diaryl/α,β-unsaturated/α-hetero) is 2. The van der Waals surface area contributed by atoms with E-state index in [9.17, 15) is 34.8 Å². The van der Waals surface area contributed by atoms with Crippen molar-refractivity contribution in [1.82, 2.24) is 4.90 Å². The van der Waals surface area contributed by atoms with Crippen LogP contribution in [0.15, 0.2) is 23.0 Å². The average Bonchev–Trinajstić information content (AvgIpc) is 2.83. The second-order valence-corrected chi connectivity index (χ2v) is 11.6. The summed E-state index contributed by atoms with van der Waals surface area (Å²) < 4.78 is 0. The summed E-state index contributed by atoms with van der Waals surface area (Å²) >= 11 is 0. The zero-order valence-corrected chi connectivity index (χ0v) is 23.2. The van der Waals surface area contributed by atoms with Crippen molar-refractivity contribution in [2.75, 3.05) is 32.1 Å². The molecule has 3 aliphatic carbocycles. The molecule has 0 spiro atoms. The molecule has 10 heteroatoms. The van der Waals surface area contributed by atoms with Gasteiger partial charge in [-0.15, -0.1) is 0 Å². The molecule has 39 heavy (non-hydrogen) atoms. The van der Waals surface area contributed by atoms with Crippen molar-refractivity contribution in [2.45, 2.75) is 58.6 Å². The fourth-order valence-corrected chi connectivity index (χ4v) is 6.45. The number of hydrogen-bond acceptors (Lipinski definition) is 9. The third kappa shape index (κ3) is 4.59. The second kappa shape index (κ2) is 10.3. The molecule has 4 rings (SSSR count). The van der Waals surface area contributed by atoms with Crippen molar-refractivity contribution in [2.24, 2.45) is 23.5 Å². The van der Waals surface area contributed by atoms with Crippen LogP contribution in [-0.2, 0) is 27.3 Å². The van der Waals surface area contributed by atoms with Crippen LogP contribution in [0.1, 0.15) is 56.7 Å². The number of aliphatic hydroxyl groups excluding tert-OH is 2. The van der Waals surface area contributed by atoms with Gasteiger partial charge in [0.25, 0.3) is 5.91 Å². The molecular formula is C29H39N3O7. The van der Waals surface area contributed by atoms with E-state index >= 15 is 0 Å². The Balaban J connectivity index is 1.84. The van der Waals surface area contributed by atoms with Gasteiger partial charge in [-0.3, -0.25) is 19.3 Å². The van der Waals surface area contributed by atoms with Crippen molar-refractivity contribution in [1.29, 1.82) is 0 Å². The fraction of sp³-hybridized carbons (Fsp3) is 0.552. The Morgan fingerprint density at radius 3 is 2.41 bits per heavy atom. The third-order valence-electron chi connectivity index (χ3n) is 8.43. The van der Waals surface area contributed by atoms with Crippen LogP contribution in [0, 0.1) is 17.8 Å². The average molecular weight is 542 g/mol. The molecule has 1 aromatic carbocycles. The molecule has 0 aromatic heterocycles. The van der Waals surface area contributed by atoms with E-state index in [1.807, 2.05) is 19.0 Å². The lowest BCUT2D eigenvalue weighted by Gasteiger charge is -2.46. The molecule has 1 fully saturated rings. The summed E-state index contributed by atoms with van der Waals surface area (Å²) in [5.41, 5.74) is 4.27. The largest absolute Gasteiger partial charge is 0.508 e. The Bertz CT molecular complexity index is 1300. The van der Waals surface area contributed by atoms with Crippen LogP contribution in [0.25, 0.3) is 5.76 Å². The summed E-state index contributed by atoms with van der Waals surface area (Å²) in [7, 11) is 3.77. The van der Waals surface area contributed by atoms with Gasteiger partial charge >= 0.3 is 0 Å². The first-order chi connectivity index (χ1) is 18.2. The minimum absolute atomic E-state index is 0.107. The molecule has 10 nitrogen and oxygen atoms in total. The van der Waals surface area contributed by atoms with Gasteiger partial charge in [0, 0.05) is 44.2 Å². The Labute approximate surface area is 228 Å². The number of hydrogen-bond donors (Lipinski definition) is 5. The molecule has 0 radical (unpaired) electrons. The lowest BCUT2D eigenvalue weighted by atomic mass is 9.59. The number of anilines is 1. The number of ketones is 2. The number of rotatable bonds is 8. The number of aliphatic hydroxyl groups is 3. The van der Waals surface area contributed by atoms with Crippen LogP contribution >= 0.6 is 0 Å². The first-order valence-corrected chi connectivity index (χ1v) is 13.5. The number of carbonyl (C=O) groups excluding carboxylic acids is 3. The van der Waals surface area contributed by atoms with Crippen LogP contribution in [0.5, 0.6) is 5.75 Å². The van der Waals surface area contributed by atoms with E-state index in [1.54, 1.807) is 6.07 Å². The summed E-state index contributed by atoms with van der Waals surface area (Å²) in [6, 6.07) is 1.61. The van der Waals surface area contributed by atoms with Crippen molar-refractivity contribution >= 4 is 28.9 Å². The Hall–Kier alpha value is -3.37. The lowest BCUT2D eigenvalue weighted by molar-refractivity contribution is -0.147. The molecule has 1 unspecified atom stereocenters. The molecule has 1 aromatic rings. The summed E-state index contributed by atoms with van der Waals surface area (Å²) in [4.78, 5) is 42.3. The van der Waals surface area contributed by atoms with Crippen LogP contribution in [0.2, 0.25) is 0 Å². The normalized spacial score (nSPS) is 24.7. The van der Waals surface area contributed by atoms with E-state index in [0.717, 1.165) is 30.8 Å². The molecule has 3 aliphatic rings. The van der Waals surface area contributed by atoms with Crippen LogP contribution in [0.4, 0.5) is 5.69 Å². The molecule has 3 atom stereocenters. The number of amides is 1. The number of carbonyl (C=O) groups is 3. The van der Waals surface area contributed by atoms with Gasteiger partial charge in [-0.25, -0.2) is 0 Å². The highest BCUT2D eigenvalue weighted by Gasteiger charge is 2.60. The van der Waals surface area contributed by atoms with E-state index < -0.39 is 52.0 Å². The van der Waals surface area contributed by atoms with Gasteiger partial charge in [-0.2, -0.15) is 0 Å². The molecule has 0 bridgehead atoms. The number of fused-ring (bicyclic) bond motifs is 3. The van der Waals surface area contributed by atoms with Crippen molar-refractivity contribution in [3.8, 4) is 5.75 Å². The second-order valence-electron chi connectivity index (χ2n) is 11.6. The number of nitrogens with two attached hydrogens (primary N) is 1. The molecule has 1 amide bonds. The monoisotopic (exact) mass is 541 g/mol. The minimum atomic E-state index is -2.56. The van der Waals surface area contributed by atoms with Crippen molar-refractivity contribution < 1.29 is 34.8 Å².